The molecule has 104 valence electrons. The molecule has 6 nitrogen and oxygen atoms in total. The molecule has 0 aliphatic heterocycles. The molecule has 2 aromatic rings. The number of allylic oxidation sites excluding steroid dienone is 1. The van der Waals surface area contributed by atoms with Crippen LogP contribution in [0.3, 0.4) is 0 Å². The molecule has 0 spiro atoms. The maximum absolute atomic E-state index is 10.7. The van der Waals surface area contributed by atoms with Gasteiger partial charge in [-0.1, -0.05) is 0 Å². The molecule has 0 radical (unpaired) electrons. The van der Waals surface area contributed by atoms with E-state index in [4.69, 9.17) is 15.1 Å². The van der Waals surface area contributed by atoms with Gasteiger partial charge in [-0.2, -0.15) is 5.26 Å². The molecule has 1 aromatic carbocycles. The Morgan fingerprint density at radius 1 is 1.29 bits per heavy atom. The van der Waals surface area contributed by atoms with Gasteiger partial charge in [-0.3, -0.25) is 0 Å². The monoisotopic (exact) mass is 281 g/mol. The molecule has 2 rings (SSSR count). The van der Waals surface area contributed by atoms with E-state index in [2.05, 4.69) is 9.97 Å². The summed E-state index contributed by atoms with van der Waals surface area (Å²) in [5.74, 6) is 0.0372. The summed E-state index contributed by atoms with van der Waals surface area (Å²) in [4.78, 5) is 18.7. The van der Waals surface area contributed by atoms with Crippen LogP contribution in [-0.2, 0) is 0 Å². The summed E-state index contributed by atoms with van der Waals surface area (Å²) in [6.45, 7) is 0.316. The number of aromatic carboxylic acids is 1. The lowest BCUT2D eigenvalue weighted by Gasteiger charge is -2.04. The first-order valence-electron chi connectivity index (χ1n) is 6.04. The number of nitrogens with zero attached hydrogens (tertiary/aromatic N) is 3. The summed E-state index contributed by atoms with van der Waals surface area (Å²) in [5, 5.41) is 17.1. The van der Waals surface area contributed by atoms with Crippen LogP contribution >= 0.6 is 0 Å². The van der Waals surface area contributed by atoms with Crippen molar-refractivity contribution < 1.29 is 14.6 Å². The number of benzene rings is 1. The molecular weight excluding hydrogens is 270 g/mol. The second-order valence-electron chi connectivity index (χ2n) is 3.97. The first kappa shape index (κ1) is 14.2. The van der Waals surface area contributed by atoms with E-state index in [0.29, 0.717) is 18.2 Å². The fourth-order valence-electron chi connectivity index (χ4n) is 1.53. The fourth-order valence-corrected chi connectivity index (χ4v) is 1.53. The highest BCUT2D eigenvalue weighted by atomic mass is 16.5. The fraction of sp³-hybridized carbons (Fsp3) is 0.0667. The van der Waals surface area contributed by atoms with Gasteiger partial charge in [0.2, 0.25) is 0 Å². The molecule has 0 aliphatic carbocycles. The zero-order chi connectivity index (χ0) is 15.1. The largest absolute Gasteiger partial charge is 0.490 e. The zero-order valence-electron chi connectivity index (χ0n) is 10.9. The van der Waals surface area contributed by atoms with Gasteiger partial charge in [0.1, 0.15) is 12.4 Å². The molecule has 1 aromatic heterocycles. The van der Waals surface area contributed by atoms with Crippen molar-refractivity contribution in [1.82, 2.24) is 9.97 Å². The summed E-state index contributed by atoms with van der Waals surface area (Å²) in [5.41, 5.74) is 0.801. The Labute approximate surface area is 121 Å². The Bertz CT molecular complexity index is 686. The van der Waals surface area contributed by atoms with Crippen LogP contribution in [0.1, 0.15) is 10.4 Å². The molecule has 0 fully saturated rings. The maximum atomic E-state index is 10.7. The van der Waals surface area contributed by atoms with Crippen LogP contribution in [0.25, 0.3) is 11.4 Å². The molecule has 6 heteroatoms. The van der Waals surface area contributed by atoms with Crippen LogP contribution in [0.15, 0.2) is 48.8 Å². The van der Waals surface area contributed by atoms with Crippen LogP contribution in [0, 0.1) is 11.3 Å². The Balaban J connectivity index is 2.06. The minimum atomic E-state index is -1.06. The quantitative estimate of drug-likeness (QED) is 0.845. The van der Waals surface area contributed by atoms with E-state index >= 15 is 0 Å². The second-order valence-corrected chi connectivity index (χ2v) is 3.97. The maximum Gasteiger partial charge on any atom is 0.338 e. The first-order chi connectivity index (χ1) is 10.2. The molecule has 0 aliphatic rings. The number of hydrogen-bond acceptors (Lipinski definition) is 5. The third-order valence-electron chi connectivity index (χ3n) is 2.55. The van der Waals surface area contributed by atoms with Crippen molar-refractivity contribution in [2.75, 3.05) is 6.61 Å². The van der Waals surface area contributed by atoms with Crippen molar-refractivity contribution in [3.8, 4) is 23.2 Å². The van der Waals surface area contributed by atoms with Gasteiger partial charge >= 0.3 is 5.97 Å². The van der Waals surface area contributed by atoms with Crippen molar-refractivity contribution in [3.05, 3.63) is 54.4 Å². The standard InChI is InChI=1S/C15H11N3O3/c16-7-1-2-8-21-13-5-3-11(4-6-13)14-17-9-12(10-18-14)15(19)20/h1-6,9-10H,8H2,(H,19,20)/b2-1+. The van der Waals surface area contributed by atoms with Gasteiger partial charge in [0, 0.05) is 24.0 Å². The van der Waals surface area contributed by atoms with Crippen molar-refractivity contribution in [1.29, 1.82) is 5.26 Å². The van der Waals surface area contributed by atoms with Crippen LogP contribution in [0.5, 0.6) is 5.75 Å². The summed E-state index contributed by atoms with van der Waals surface area (Å²) >= 11 is 0. The number of aromatic nitrogens is 2. The topological polar surface area (TPSA) is 96.1 Å². The van der Waals surface area contributed by atoms with Crippen LogP contribution < -0.4 is 4.74 Å². The van der Waals surface area contributed by atoms with Gasteiger partial charge < -0.3 is 9.84 Å². The van der Waals surface area contributed by atoms with Gasteiger partial charge in [-0.05, 0) is 30.3 Å². The van der Waals surface area contributed by atoms with Crippen LogP contribution in [0.4, 0.5) is 0 Å². The SMILES string of the molecule is N#C/C=C/COc1ccc(-c2ncc(C(=O)O)cn2)cc1. The van der Waals surface area contributed by atoms with Crippen LogP contribution in [0.2, 0.25) is 0 Å². The minimum Gasteiger partial charge on any atom is -0.490 e. The van der Waals surface area contributed by atoms with E-state index in [1.807, 2.05) is 6.07 Å². The van der Waals surface area contributed by atoms with Crippen molar-refractivity contribution in [2.24, 2.45) is 0 Å². The second kappa shape index (κ2) is 6.82. The van der Waals surface area contributed by atoms with E-state index in [1.165, 1.54) is 18.5 Å². The number of nitriles is 1. The summed E-state index contributed by atoms with van der Waals surface area (Å²) in [6.07, 6.45) is 5.50. The molecule has 0 atom stereocenters. The third kappa shape index (κ3) is 3.88. The smallest absolute Gasteiger partial charge is 0.338 e. The lowest BCUT2D eigenvalue weighted by atomic mass is 10.2. The Morgan fingerprint density at radius 2 is 1.95 bits per heavy atom. The highest BCUT2D eigenvalue weighted by molar-refractivity contribution is 5.86. The van der Waals surface area contributed by atoms with Crippen molar-refractivity contribution in [3.63, 3.8) is 0 Å². The average molecular weight is 281 g/mol. The van der Waals surface area contributed by atoms with Gasteiger partial charge in [0.15, 0.2) is 5.82 Å². The number of carbonyl (C=O) groups is 1. The van der Waals surface area contributed by atoms with Crippen molar-refractivity contribution >= 4 is 5.97 Å². The third-order valence-corrected chi connectivity index (χ3v) is 2.55. The molecule has 1 heterocycles. The van der Waals surface area contributed by atoms with Gasteiger partial charge in [0.25, 0.3) is 0 Å². The first-order valence-corrected chi connectivity index (χ1v) is 6.04. The Hall–Kier alpha value is -3.20. The molecule has 0 saturated carbocycles. The lowest BCUT2D eigenvalue weighted by molar-refractivity contribution is 0.0696. The van der Waals surface area contributed by atoms with E-state index < -0.39 is 5.97 Å². The van der Waals surface area contributed by atoms with Crippen molar-refractivity contribution in [2.45, 2.75) is 0 Å². The Morgan fingerprint density at radius 3 is 2.52 bits per heavy atom. The number of carboxylic acids is 1. The summed E-state index contributed by atoms with van der Waals surface area (Å²) < 4.78 is 5.39. The minimum absolute atomic E-state index is 0.0444. The molecule has 0 amide bonds. The van der Waals surface area contributed by atoms with Gasteiger partial charge in [0.05, 0.1) is 11.6 Å². The normalized spacial score (nSPS) is 10.2. The summed E-state index contributed by atoms with van der Waals surface area (Å²) in [7, 11) is 0. The highest BCUT2D eigenvalue weighted by Gasteiger charge is 2.06. The van der Waals surface area contributed by atoms with Gasteiger partial charge in [-0.25, -0.2) is 14.8 Å². The summed E-state index contributed by atoms with van der Waals surface area (Å²) in [6, 6.07) is 8.94. The van der Waals surface area contributed by atoms with E-state index in [1.54, 1.807) is 30.3 Å². The molecule has 1 N–H and O–H groups in total. The van der Waals surface area contributed by atoms with E-state index in [9.17, 15) is 4.79 Å². The lowest BCUT2D eigenvalue weighted by Crippen LogP contribution is -1.99. The highest BCUT2D eigenvalue weighted by Crippen LogP contribution is 2.19. The average Bonchev–Trinajstić information content (AvgIpc) is 2.52. The molecule has 21 heavy (non-hydrogen) atoms. The molecule has 0 saturated heterocycles. The van der Waals surface area contributed by atoms with Crippen LogP contribution in [-0.4, -0.2) is 27.7 Å². The number of hydrogen-bond donors (Lipinski definition) is 1. The number of rotatable bonds is 5. The number of ether oxygens (including phenoxy) is 1. The molecule has 0 bridgehead atoms. The predicted octanol–water partition coefficient (Wildman–Crippen LogP) is 2.30. The Kier molecular flexibility index (Phi) is 4.62. The molecular formula is C15H11N3O3. The van der Waals surface area contributed by atoms with E-state index in [0.717, 1.165) is 5.56 Å². The number of carboxylic acid groups (broad SMARTS) is 1. The van der Waals surface area contributed by atoms with Gasteiger partial charge in [-0.15, -0.1) is 0 Å². The molecule has 0 unspecified atom stereocenters. The zero-order valence-corrected chi connectivity index (χ0v) is 10.9. The van der Waals surface area contributed by atoms with E-state index in [-0.39, 0.29) is 5.56 Å². The predicted molar refractivity (Wildman–Crippen MR) is 74.7 cm³/mol.